The van der Waals surface area contributed by atoms with Gasteiger partial charge in [-0.25, -0.2) is 19.6 Å². The largest absolute Gasteiger partial charge is 0.507 e. The average molecular weight is 1420 g/mol. The number of fused-ring (bicyclic) bond motifs is 3. The number of phenolic OH excluding ortho intramolecular Hbond substituents is 1. The van der Waals surface area contributed by atoms with Gasteiger partial charge in [-0.15, -0.1) is 0 Å². The number of rotatable bonds is 11. The number of aromatic nitrogens is 1. The van der Waals surface area contributed by atoms with Gasteiger partial charge >= 0.3 is 23.9 Å². The Bertz CT molecular complexity index is 3950. The van der Waals surface area contributed by atoms with Crippen molar-refractivity contribution < 1.29 is 116 Å². The normalized spacial score (nSPS) is 21.8. The van der Waals surface area contributed by atoms with E-state index in [1.54, 1.807) is 18.2 Å². The number of carbonyl (C=O) groups is 14. The van der Waals surface area contributed by atoms with Crippen molar-refractivity contribution in [3.63, 3.8) is 0 Å². The third-order valence-corrected chi connectivity index (χ3v) is 16.2. The first-order valence-electron chi connectivity index (χ1n) is 31.1. The van der Waals surface area contributed by atoms with Crippen LogP contribution < -0.4 is 30.7 Å². The zero-order valence-electron chi connectivity index (χ0n) is 57.9. The smallest absolute Gasteiger partial charge is 0.331 e. The molecule has 1 fully saturated rings. The molecule has 6 rings (SSSR count). The summed E-state index contributed by atoms with van der Waals surface area (Å²) in [5.41, 5.74) is -5.42. The number of phenols is 1. The van der Waals surface area contributed by atoms with Crippen molar-refractivity contribution in [1.29, 1.82) is 0 Å². The van der Waals surface area contributed by atoms with Crippen LogP contribution in [-0.4, -0.2) is 293 Å². The Labute approximate surface area is 578 Å². The van der Waals surface area contributed by atoms with Crippen LogP contribution in [0.3, 0.4) is 0 Å². The van der Waals surface area contributed by atoms with Crippen LogP contribution in [0.5, 0.6) is 23.0 Å². The molecule has 1 aromatic heterocycles. The van der Waals surface area contributed by atoms with Gasteiger partial charge in [0.1, 0.15) is 66.5 Å². The minimum Gasteiger partial charge on any atom is -0.507 e. The summed E-state index contributed by atoms with van der Waals surface area (Å²) < 4.78 is 32.5. The number of esters is 4. The summed E-state index contributed by atoms with van der Waals surface area (Å²) in [4.78, 5) is 205. The molecule has 1 saturated heterocycles. The summed E-state index contributed by atoms with van der Waals surface area (Å²) >= 11 is 0. The first-order chi connectivity index (χ1) is 47.2. The monoisotopic (exact) mass is 1410 g/mol. The van der Waals surface area contributed by atoms with Crippen molar-refractivity contribution in [3.8, 4) is 23.0 Å². The number of cyclic esters (lactones) is 2. The first kappa shape index (κ1) is 78.7. The number of ether oxygens (including phenoxy) is 6. The van der Waals surface area contributed by atoms with Gasteiger partial charge in [0.25, 0.3) is 17.7 Å². The highest BCUT2D eigenvalue weighted by molar-refractivity contribution is 6.05. The number of carbonyl (C=O) groups excluding carboxylic acids is 14. The quantitative estimate of drug-likeness (QED) is 0.0566. The van der Waals surface area contributed by atoms with E-state index in [4.69, 9.17) is 28.4 Å². The Kier molecular flexibility index (Phi) is 25.7. The van der Waals surface area contributed by atoms with Gasteiger partial charge in [-0.3, -0.25) is 57.5 Å². The molecule has 36 nitrogen and oxygen atoms in total. The Hall–Kier alpha value is -11.3. The van der Waals surface area contributed by atoms with Crippen LogP contribution in [-0.2, 0) is 76.5 Å². The topological polar surface area (TPSA) is 468 Å². The van der Waals surface area contributed by atoms with E-state index < -0.39 is 205 Å². The number of methoxy groups -OCH3 is 2. The molecule has 3 aromatic carbocycles. The maximum Gasteiger partial charge on any atom is 0.331 e. The minimum absolute atomic E-state index is 0.140. The SMILES string of the molecule is COc1ccc2cc(C(=O)N[C@@H]3COC(=O)[C@H](C(C)(C)O)N(C)C(=O)CN(C)C(=O)CNC(=O)C4[C@@H](OC(C)=O)CC=NN4C(=O)[C@H](NC(=O)c4nc5ccc(OC)cc5cc4O)COC(=O)[C@H](C(C)(C)O)N(C)C(=O)CN(C)C(=O)CNC(=O)[C@H]([C@H](C)OC(C)=O)N(C)C3=O)c(O)cc2c1. The van der Waals surface area contributed by atoms with Crippen molar-refractivity contribution in [2.24, 2.45) is 5.10 Å². The van der Waals surface area contributed by atoms with Gasteiger partial charge in [-0.2, -0.15) is 5.10 Å². The fourth-order valence-electron chi connectivity index (χ4n) is 11.0. The number of aliphatic hydroxyl groups is 2. The highest BCUT2D eigenvalue weighted by Crippen LogP contribution is 2.30. The lowest BCUT2D eigenvalue weighted by Crippen LogP contribution is -2.62. The molecule has 0 spiro atoms. The molecular formula is C65H82N12O24. The molecule has 2 aliphatic rings. The average Bonchev–Trinajstić information content (AvgIpc) is 0.801. The van der Waals surface area contributed by atoms with Gasteiger partial charge in [0.05, 0.1) is 62.7 Å². The van der Waals surface area contributed by atoms with Gasteiger partial charge in [0, 0.05) is 67.1 Å². The summed E-state index contributed by atoms with van der Waals surface area (Å²) in [6, 6.07) is 0.575. The standard InChI is InChI=1S/C65H82N12O24/c1-32(100-33(2)78)52-58(88)66-26-47(82)72(8)28-49(84)75(11)55(65(6,7)95)63(93)99-31-43(71-57(87)51-45(81)25-37-22-39(97-14)17-18-41(37)69-51)61(91)77-53(46(19-20-68-77)101-34(3)79)59(89)67-27-48(83)73(9)29-50(85)74(10)54(64(4,5)94)62(92)98-30-42(60(90)76(52)12)70-56(86)40-23-35-15-16-38(96-13)21-36(35)24-44(40)80/h15-18,20-25,32,42-43,46,52-55,80-81,94-95H,19,26-31H2,1-14H3,(H,66,88)(H,67,89)(H,70,86)(H,71,87)/t32-,42+,43+,46-,52-,53?,54+,55+/m0/s1. The summed E-state index contributed by atoms with van der Waals surface area (Å²) in [6.45, 7) is 1.41. The molecule has 0 bridgehead atoms. The lowest BCUT2D eigenvalue weighted by atomic mass is 9.97. The number of hydrazone groups is 1. The molecule has 1 unspecified atom stereocenters. The molecule has 8 N–H and O–H groups in total. The summed E-state index contributed by atoms with van der Waals surface area (Å²) in [5.74, 6) is -17.1. The van der Waals surface area contributed by atoms with Crippen LogP contribution >= 0.6 is 0 Å². The van der Waals surface area contributed by atoms with E-state index in [1.807, 2.05) is 0 Å². The summed E-state index contributed by atoms with van der Waals surface area (Å²) in [5, 5.41) is 60.2. The predicted octanol–water partition coefficient (Wildman–Crippen LogP) is -2.54. The van der Waals surface area contributed by atoms with Crippen LogP contribution in [0.1, 0.15) is 75.7 Å². The highest BCUT2D eigenvalue weighted by Gasteiger charge is 2.47. The van der Waals surface area contributed by atoms with E-state index in [1.165, 1.54) is 51.5 Å². The Morgan fingerprint density at radius 1 is 0.614 bits per heavy atom. The molecule has 2 aliphatic heterocycles. The second-order valence-corrected chi connectivity index (χ2v) is 24.9. The molecule has 0 radical (unpaired) electrons. The number of nitrogens with one attached hydrogen (secondary N) is 4. The molecule has 10 amide bonds. The van der Waals surface area contributed by atoms with E-state index in [9.17, 15) is 82.8 Å². The van der Waals surface area contributed by atoms with E-state index in [2.05, 4.69) is 31.4 Å². The van der Waals surface area contributed by atoms with Crippen LogP contribution in [0.4, 0.5) is 0 Å². The van der Waals surface area contributed by atoms with Gasteiger partial charge < -0.3 is 94.6 Å². The van der Waals surface area contributed by atoms with Crippen molar-refractivity contribution in [2.75, 3.05) is 88.9 Å². The maximum atomic E-state index is 15.0. The molecule has 101 heavy (non-hydrogen) atoms. The van der Waals surface area contributed by atoms with E-state index >= 15 is 4.79 Å². The molecule has 0 aliphatic carbocycles. The number of pyridine rings is 1. The fourth-order valence-corrected chi connectivity index (χ4v) is 11.0. The Balaban J connectivity index is 1.41. The third kappa shape index (κ3) is 19.5. The number of hydrogen-bond acceptors (Lipinski definition) is 26. The van der Waals surface area contributed by atoms with Crippen LogP contribution in [0, 0.1) is 0 Å². The Morgan fingerprint density at radius 2 is 1.11 bits per heavy atom. The fraction of sp³-hybridized carbons (Fsp3) is 0.477. The summed E-state index contributed by atoms with van der Waals surface area (Å²) in [6.07, 6.45) is -2.47. The zero-order chi connectivity index (χ0) is 75.4. The lowest BCUT2D eigenvalue weighted by Gasteiger charge is -2.37. The molecule has 546 valence electrons. The lowest BCUT2D eigenvalue weighted by molar-refractivity contribution is -0.167. The van der Waals surface area contributed by atoms with Crippen LogP contribution in [0.2, 0.25) is 0 Å². The number of benzene rings is 3. The second kappa shape index (κ2) is 33.0. The molecule has 36 heteroatoms. The van der Waals surface area contributed by atoms with Crippen LogP contribution in [0.25, 0.3) is 21.7 Å². The molecule has 0 saturated carbocycles. The number of likely N-dealkylation sites (N-methyl/N-ethyl adjacent to an activating group) is 5. The van der Waals surface area contributed by atoms with Crippen molar-refractivity contribution in [3.05, 3.63) is 65.9 Å². The second-order valence-electron chi connectivity index (χ2n) is 24.9. The molecular weight excluding hydrogens is 1330 g/mol. The van der Waals surface area contributed by atoms with Gasteiger partial charge in [0.15, 0.2) is 23.8 Å². The van der Waals surface area contributed by atoms with E-state index in [0.717, 1.165) is 98.9 Å². The number of nitrogens with zero attached hydrogens (tertiary/aromatic N) is 8. The van der Waals surface area contributed by atoms with Crippen molar-refractivity contribution >= 4 is 111 Å². The first-order valence-corrected chi connectivity index (χ1v) is 31.1. The molecule has 8 atom stereocenters. The predicted molar refractivity (Wildman–Crippen MR) is 351 cm³/mol. The number of amides is 10. The van der Waals surface area contributed by atoms with Crippen LogP contribution in [0.15, 0.2) is 59.7 Å². The van der Waals surface area contributed by atoms with Gasteiger partial charge in [0.2, 0.25) is 41.4 Å². The van der Waals surface area contributed by atoms with Crippen molar-refractivity contribution in [2.45, 2.75) is 115 Å². The minimum atomic E-state index is -2.24. The van der Waals surface area contributed by atoms with Gasteiger partial charge in [-0.05, 0) is 93.9 Å². The number of aromatic hydroxyl groups is 2. The molecule has 3 heterocycles. The van der Waals surface area contributed by atoms with Gasteiger partial charge in [-0.1, -0.05) is 6.07 Å². The molecule has 4 aromatic rings. The maximum absolute atomic E-state index is 15.0. The number of hydrogen-bond donors (Lipinski definition) is 8. The van der Waals surface area contributed by atoms with Crippen molar-refractivity contribution in [1.82, 2.24) is 55.8 Å². The van der Waals surface area contributed by atoms with E-state index in [-0.39, 0.29) is 11.9 Å². The summed E-state index contributed by atoms with van der Waals surface area (Å²) in [7, 11) is 8.08. The Morgan fingerprint density at radius 3 is 1.62 bits per heavy atom. The third-order valence-electron chi connectivity index (χ3n) is 16.2. The zero-order valence-corrected chi connectivity index (χ0v) is 57.9. The highest BCUT2D eigenvalue weighted by atomic mass is 16.6. The van der Waals surface area contributed by atoms with E-state index in [0.29, 0.717) is 47.4 Å².